The second-order valence-corrected chi connectivity index (χ2v) is 8.07. The van der Waals surface area contributed by atoms with Crippen molar-refractivity contribution in [3.05, 3.63) is 94.6 Å². The molecule has 10 heteroatoms. The maximum atomic E-state index is 14.8. The first-order chi connectivity index (χ1) is 17.3. The minimum Gasteiger partial charge on any atom is -0.433 e. The van der Waals surface area contributed by atoms with E-state index in [0.29, 0.717) is 34.4 Å². The Morgan fingerprint density at radius 2 is 1.78 bits per heavy atom. The molecule has 7 nitrogen and oxygen atoms in total. The first-order valence-corrected chi connectivity index (χ1v) is 10.8. The van der Waals surface area contributed by atoms with Gasteiger partial charge < -0.3 is 9.64 Å². The van der Waals surface area contributed by atoms with Gasteiger partial charge in [-0.2, -0.15) is 10.4 Å². The Balaban J connectivity index is 1.52. The number of carbonyl (C=O) groups excluding carboxylic acids is 1. The van der Waals surface area contributed by atoms with Crippen molar-refractivity contribution >= 4 is 6.41 Å². The van der Waals surface area contributed by atoms with E-state index < -0.39 is 23.2 Å². The number of ether oxygens (including phenoxy) is 1. The molecule has 0 saturated carbocycles. The summed E-state index contributed by atoms with van der Waals surface area (Å²) >= 11 is 0. The monoisotopic (exact) mass is 491 g/mol. The highest BCUT2D eigenvalue weighted by Gasteiger charge is 2.18. The minimum atomic E-state index is -1.04. The number of nitrogens with zero attached hydrogens (tertiary/aromatic N) is 5. The lowest BCUT2D eigenvalue weighted by atomic mass is 10.1. The molecule has 0 radical (unpaired) electrons. The molecule has 0 bridgehead atoms. The van der Waals surface area contributed by atoms with Crippen molar-refractivity contribution < 1.29 is 22.7 Å². The number of nitriles is 1. The van der Waals surface area contributed by atoms with Gasteiger partial charge in [-0.3, -0.25) is 9.48 Å². The summed E-state index contributed by atoms with van der Waals surface area (Å²) in [5.41, 5.74) is 2.41. The molecule has 4 rings (SSSR count). The van der Waals surface area contributed by atoms with Crippen LogP contribution < -0.4 is 4.74 Å². The van der Waals surface area contributed by atoms with Crippen LogP contribution in [0.1, 0.15) is 22.3 Å². The quantitative estimate of drug-likeness (QED) is 0.323. The average molecular weight is 491 g/mol. The molecule has 0 unspecified atom stereocenters. The second kappa shape index (κ2) is 10.3. The van der Waals surface area contributed by atoms with E-state index in [9.17, 15) is 18.0 Å². The Hall–Kier alpha value is -4.65. The minimum absolute atomic E-state index is 0.00529. The highest BCUT2D eigenvalue weighted by molar-refractivity contribution is 5.59. The van der Waals surface area contributed by atoms with Gasteiger partial charge in [0.1, 0.15) is 5.82 Å². The van der Waals surface area contributed by atoms with Crippen molar-refractivity contribution in [2.45, 2.75) is 20.0 Å². The fraction of sp³-hybridized carbons (Fsp3) is 0.154. The van der Waals surface area contributed by atoms with E-state index in [4.69, 9.17) is 10.00 Å². The molecule has 2 aromatic carbocycles. The number of hydrogen-bond acceptors (Lipinski definition) is 5. The predicted octanol–water partition coefficient (Wildman–Crippen LogP) is 5.03. The zero-order valence-corrected chi connectivity index (χ0v) is 19.4. The highest BCUT2D eigenvalue weighted by atomic mass is 19.1. The third-order valence-corrected chi connectivity index (χ3v) is 5.55. The molecule has 182 valence electrons. The van der Waals surface area contributed by atoms with Crippen LogP contribution >= 0.6 is 0 Å². The average Bonchev–Trinajstić information content (AvgIpc) is 3.30. The van der Waals surface area contributed by atoms with Crippen molar-refractivity contribution in [1.29, 1.82) is 5.26 Å². The number of carbonyl (C=O) groups is 1. The Kier molecular flexibility index (Phi) is 7.01. The molecule has 0 spiro atoms. The largest absolute Gasteiger partial charge is 0.433 e. The van der Waals surface area contributed by atoms with Crippen molar-refractivity contribution in [2.75, 3.05) is 0 Å². The van der Waals surface area contributed by atoms with Gasteiger partial charge in [0.25, 0.3) is 0 Å². The summed E-state index contributed by atoms with van der Waals surface area (Å²) in [5, 5.41) is 13.1. The molecule has 2 heterocycles. The smallest absolute Gasteiger partial charge is 0.222 e. The zero-order chi connectivity index (χ0) is 25.8. The first-order valence-electron chi connectivity index (χ1n) is 10.8. The molecule has 36 heavy (non-hydrogen) atoms. The zero-order valence-electron chi connectivity index (χ0n) is 19.4. The van der Waals surface area contributed by atoms with Gasteiger partial charge in [-0.15, -0.1) is 0 Å². The predicted molar refractivity (Wildman–Crippen MR) is 124 cm³/mol. The molecule has 4 aromatic rings. The van der Waals surface area contributed by atoms with Gasteiger partial charge in [-0.05, 0) is 42.8 Å². The fourth-order valence-electron chi connectivity index (χ4n) is 3.62. The molecule has 0 aliphatic heterocycles. The number of pyridine rings is 1. The van der Waals surface area contributed by atoms with Crippen LogP contribution in [0.15, 0.2) is 54.9 Å². The maximum Gasteiger partial charge on any atom is 0.222 e. The molecule has 1 amide bonds. The van der Waals surface area contributed by atoms with Crippen LogP contribution in [-0.2, 0) is 24.9 Å². The van der Waals surface area contributed by atoms with E-state index >= 15 is 0 Å². The number of benzene rings is 2. The Morgan fingerprint density at radius 1 is 1.06 bits per heavy atom. The third-order valence-electron chi connectivity index (χ3n) is 5.55. The number of hydrogen-bond donors (Lipinski definition) is 0. The van der Waals surface area contributed by atoms with Crippen molar-refractivity contribution in [2.24, 2.45) is 7.05 Å². The lowest BCUT2D eigenvalue weighted by Gasteiger charge is -2.20. The summed E-state index contributed by atoms with van der Waals surface area (Å²) in [5.74, 6) is -3.32. The van der Waals surface area contributed by atoms with Gasteiger partial charge in [0.2, 0.25) is 18.0 Å². The molecule has 0 fully saturated rings. The van der Waals surface area contributed by atoms with Crippen LogP contribution in [-0.4, -0.2) is 26.1 Å². The summed E-state index contributed by atoms with van der Waals surface area (Å²) in [4.78, 5) is 17.2. The van der Waals surface area contributed by atoms with Crippen molar-refractivity contribution in [3.8, 4) is 29.0 Å². The normalized spacial score (nSPS) is 10.7. The van der Waals surface area contributed by atoms with E-state index in [0.717, 1.165) is 12.1 Å². The molecular formula is C26H20F3N5O2. The Bertz CT molecular complexity index is 1460. The molecule has 0 atom stereocenters. The Morgan fingerprint density at radius 3 is 2.39 bits per heavy atom. The van der Waals surface area contributed by atoms with Gasteiger partial charge >= 0.3 is 0 Å². The first kappa shape index (κ1) is 24.5. The van der Waals surface area contributed by atoms with E-state index in [1.165, 1.54) is 17.2 Å². The van der Waals surface area contributed by atoms with Crippen LogP contribution in [0.2, 0.25) is 0 Å². The van der Waals surface area contributed by atoms with Crippen LogP contribution in [0.3, 0.4) is 0 Å². The maximum absolute atomic E-state index is 14.8. The summed E-state index contributed by atoms with van der Waals surface area (Å²) in [7, 11) is 1.77. The lowest BCUT2D eigenvalue weighted by molar-refractivity contribution is -0.119. The van der Waals surface area contributed by atoms with Gasteiger partial charge in [0.15, 0.2) is 11.6 Å². The van der Waals surface area contributed by atoms with Crippen molar-refractivity contribution in [3.63, 3.8) is 0 Å². The summed E-state index contributed by atoms with van der Waals surface area (Å²) in [6.07, 6.45) is 3.73. The molecular weight excluding hydrogens is 471 g/mol. The second-order valence-electron chi connectivity index (χ2n) is 8.07. The number of aromatic nitrogens is 3. The number of amides is 1. The third kappa shape index (κ3) is 5.20. The number of rotatable bonds is 8. The van der Waals surface area contributed by atoms with Crippen molar-refractivity contribution in [1.82, 2.24) is 19.7 Å². The van der Waals surface area contributed by atoms with Gasteiger partial charge in [-0.1, -0.05) is 12.1 Å². The Labute approximate surface area is 205 Å². The highest BCUT2D eigenvalue weighted by Crippen LogP contribution is 2.31. The van der Waals surface area contributed by atoms with Gasteiger partial charge in [0.05, 0.1) is 17.3 Å². The standard InChI is InChI=1S/C26H20F3N5O2/c1-16-19(5-7-31-26(16)36-25-22(28)9-17(12-30)10-23(25)29)13-34(15-35)14-20-4-3-18(11-21(20)27)24-6-8-33(2)32-24/h3-11,15H,13-14H2,1-2H3. The molecule has 2 aromatic heterocycles. The van der Waals surface area contributed by atoms with E-state index in [1.807, 2.05) is 0 Å². The summed E-state index contributed by atoms with van der Waals surface area (Å²) in [6.45, 7) is 1.70. The van der Waals surface area contributed by atoms with E-state index in [-0.39, 0.29) is 24.5 Å². The van der Waals surface area contributed by atoms with E-state index in [2.05, 4.69) is 10.1 Å². The molecule has 0 aliphatic rings. The summed E-state index contributed by atoms with van der Waals surface area (Å²) in [6, 6.07) is 11.5. The molecule has 0 aliphatic carbocycles. The van der Waals surface area contributed by atoms with Gasteiger partial charge in [0, 0.05) is 49.2 Å². The summed E-state index contributed by atoms with van der Waals surface area (Å²) < 4.78 is 50.3. The van der Waals surface area contributed by atoms with Crippen LogP contribution in [0.4, 0.5) is 13.2 Å². The lowest BCUT2D eigenvalue weighted by Crippen LogP contribution is -2.22. The van der Waals surface area contributed by atoms with Gasteiger partial charge in [-0.25, -0.2) is 18.2 Å². The van der Waals surface area contributed by atoms with E-state index in [1.54, 1.807) is 55.2 Å². The number of halogens is 3. The SMILES string of the molecule is Cc1c(CN(C=O)Cc2ccc(-c3ccn(C)n3)cc2F)ccnc1Oc1c(F)cc(C#N)cc1F. The van der Waals surface area contributed by atoms with Crippen LogP contribution in [0.5, 0.6) is 11.6 Å². The molecule has 0 N–H and O–H groups in total. The number of aryl methyl sites for hydroxylation is 1. The topological polar surface area (TPSA) is 84.0 Å². The molecule has 0 saturated heterocycles. The van der Waals surface area contributed by atoms with Crippen LogP contribution in [0, 0.1) is 35.7 Å². The fourth-order valence-corrected chi connectivity index (χ4v) is 3.62. The van der Waals surface area contributed by atoms with Crippen LogP contribution in [0.25, 0.3) is 11.3 Å².